The summed E-state index contributed by atoms with van der Waals surface area (Å²) in [6, 6.07) is 15.5. The third kappa shape index (κ3) is 13.9. The summed E-state index contributed by atoms with van der Waals surface area (Å²) in [5.74, 6) is 0.580. The van der Waals surface area contributed by atoms with Gasteiger partial charge in [0, 0.05) is 12.2 Å². The third-order valence-corrected chi connectivity index (χ3v) is 4.04. The summed E-state index contributed by atoms with van der Waals surface area (Å²) in [5.41, 5.74) is 2.11. The third-order valence-electron chi connectivity index (χ3n) is 4.04. The van der Waals surface area contributed by atoms with Gasteiger partial charge in [-0.1, -0.05) is 37.4 Å². The van der Waals surface area contributed by atoms with Crippen LogP contribution in [0, 0.1) is 0 Å². The van der Waals surface area contributed by atoms with Crippen molar-refractivity contribution in [2.24, 2.45) is 0 Å². The van der Waals surface area contributed by atoms with Crippen LogP contribution in [0.3, 0.4) is 0 Å². The van der Waals surface area contributed by atoms with Crippen molar-refractivity contribution in [3.63, 3.8) is 0 Å². The van der Waals surface area contributed by atoms with E-state index in [2.05, 4.69) is 39.5 Å². The molecule has 0 fully saturated rings. The number of benzene rings is 2. The minimum atomic E-state index is -0.452. The Morgan fingerprint density at radius 1 is 0.556 bits per heavy atom. The van der Waals surface area contributed by atoms with E-state index in [9.17, 15) is 9.59 Å². The van der Waals surface area contributed by atoms with Gasteiger partial charge in [-0.25, -0.2) is 9.59 Å². The van der Waals surface area contributed by atoms with E-state index in [0.717, 1.165) is 34.8 Å². The van der Waals surface area contributed by atoms with E-state index in [1.807, 2.05) is 48.5 Å². The fourth-order valence-corrected chi connectivity index (χ4v) is 2.43. The number of esters is 2. The number of ether oxygens (including phenoxy) is 4. The molecule has 6 nitrogen and oxygen atoms in total. The molecule has 0 atom stereocenters. The average Bonchev–Trinajstić information content (AvgIpc) is 2.95. The van der Waals surface area contributed by atoms with Crippen molar-refractivity contribution in [2.75, 3.05) is 26.4 Å². The van der Waals surface area contributed by atoms with Gasteiger partial charge in [0.25, 0.3) is 0 Å². The number of rotatable bonds is 13. The summed E-state index contributed by atoms with van der Waals surface area (Å²) in [6.45, 7) is 19.8. The first-order valence-corrected chi connectivity index (χ1v) is 11.0. The molecule has 0 heterocycles. The van der Waals surface area contributed by atoms with Crippen molar-refractivity contribution < 1.29 is 28.5 Å². The Morgan fingerprint density at radius 2 is 0.861 bits per heavy atom. The Bertz CT molecular complexity index is 890. The smallest absolute Gasteiger partial charge is 0.330 e. The topological polar surface area (TPSA) is 71.1 Å². The van der Waals surface area contributed by atoms with E-state index in [1.165, 1.54) is 0 Å². The van der Waals surface area contributed by atoms with Gasteiger partial charge in [0.15, 0.2) is 0 Å². The zero-order chi connectivity index (χ0) is 27.0. The maximum atomic E-state index is 10.9. The predicted molar refractivity (Wildman–Crippen MR) is 146 cm³/mol. The van der Waals surface area contributed by atoms with Crippen LogP contribution in [0.4, 0.5) is 0 Å². The molecule has 0 radical (unpaired) electrons. The van der Waals surface area contributed by atoms with Gasteiger partial charge in [-0.15, -0.1) is 26.3 Å². The van der Waals surface area contributed by atoms with Crippen molar-refractivity contribution in [3.8, 4) is 22.6 Å². The van der Waals surface area contributed by atoms with Crippen LogP contribution in [0.2, 0.25) is 0 Å². The van der Waals surface area contributed by atoms with Gasteiger partial charge in [-0.2, -0.15) is 0 Å². The first-order chi connectivity index (χ1) is 17.6. The quantitative estimate of drug-likeness (QED) is 0.187. The lowest BCUT2D eigenvalue weighted by atomic mass is 10.1. The highest BCUT2D eigenvalue weighted by Crippen LogP contribution is 2.24. The highest BCUT2D eigenvalue weighted by molar-refractivity contribution is 5.81. The largest absolute Gasteiger partial charge is 0.490 e. The van der Waals surface area contributed by atoms with Crippen molar-refractivity contribution in [3.05, 3.63) is 124 Å². The maximum Gasteiger partial charge on any atom is 0.330 e. The van der Waals surface area contributed by atoms with E-state index >= 15 is 0 Å². The van der Waals surface area contributed by atoms with Crippen LogP contribution in [0.15, 0.2) is 124 Å². The van der Waals surface area contributed by atoms with Gasteiger partial charge in [-0.05, 0) is 59.7 Å². The van der Waals surface area contributed by atoms with Crippen LogP contribution >= 0.6 is 0 Å². The molecule has 0 bridgehead atoms. The van der Waals surface area contributed by atoms with Crippen LogP contribution in [0.25, 0.3) is 11.1 Å². The van der Waals surface area contributed by atoms with Crippen LogP contribution in [0.5, 0.6) is 11.5 Å². The molecule has 0 N–H and O–H groups in total. The summed E-state index contributed by atoms with van der Waals surface area (Å²) < 4.78 is 20.9. The Balaban J connectivity index is 0.00000291. The summed E-state index contributed by atoms with van der Waals surface area (Å²) in [6.07, 6.45) is 9.24. The van der Waals surface area contributed by atoms with Crippen LogP contribution < -0.4 is 9.47 Å². The van der Waals surface area contributed by atoms with E-state index in [0.29, 0.717) is 13.2 Å². The standard InChI is InChI=1S/C26H26O6.2C2H4/c1-3-25(27)31-19-7-5-17-29-23-13-9-21(10-14-23)22-11-15-24(16-12-22)30-18-6-8-20-32-26(28)4-2;2*1-2/h3-16H,1-2,17-20H2;2*1-2H2/b7-5+,8-6+;;. The molecule has 2 aromatic carbocycles. The summed E-state index contributed by atoms with van der Waals surface area (Å²) in [5, 5.41) is 0. The lowest BCUT2D eigenvalue weighted by Crippen LogP contribution is -2.00. The minimum absolute atomic E-state index is 0.189. The molecule has 190 valence electrons. The van der Waals surface area contributed by atoms with Crippen LogP contribution in [0.1, 0.15) is 0 Å². The zero-order valence-corrected chi connectivity index (χ0v) is 20.6. The maximum absolute atomic E-state index is 10.9. The molecule has 0 aliphatic heterocycles. The van der Waals surface area contributed by atoms with Crippen molar-refractivity contribution in [1.29, 1.82) is 0 Å². The molecule has 0 saturated heterocycles. The number of hydrogen-bond donors (Lipinski definition) is 0. The summed E-state index contributed by atoms with van der Waals surface area (Å²) in [4.78, 5) is 21.8. The van der Waals surface area contributed by atoms with E-state index in [1.54, 1.807) is 24.3 Å². The molecule has 2 aromatic rings. The predicted octanol–water partition coefficient (Wildman–Crippen LogP) is 6.29. The molecule has 0 spiro atoms. The van der Waals surface area contributed by atoms with Crippen molar-refractivity contribution in [2.45, 2.75) is 0 Å². The van der Waals surface area contributed by atoms with Gasteiger partial charge < -0.3 is 18.9 Å². The van der Waals surface area contributed by atoms with Gasteiger partial charge >= 0.3 is 11.9 Å². The molecular formula is C30H34O6. The van der Waals surface area contributed by atoms with Crippen molar-refractivity contribution >= 4 is 11.9 Å². The minimum Gasteiger partial charge on any atom is -0.490 e. The average molecular weight is 491 g/mol. The molecule has 36 heavy (non-hydrogen) atoms. The Labute approximate surface area is 214 Å². The van der Waals surface area contributed by atoms with Gasteiger partial charge in [0.2, 0.25) is 0 Å². The number of carbonyl (C=O) groups excluding carboxylic acids is 2. The molecule has 0 aliphatic rings. The molecule has 2 rings (SSSR count). The zero-order valence-electron chi connectivity index (χ0n) is 20.6. The lowest BCUT2D eigenvalue weighted by molar-refractivity contribution is -0.137. The molecule has 0 aromatic heterocycles. The molecule has 0 unspecified atom stereocenters. The molecular weight excluding hydrogens is 456 g/mol. The van der Waals surface area contributed by atoms with Crippen molar-refractivity contribution in [1.82, 2.24) is 0 Å². The second-order valence-electron chi connectivity index (χ2n) is 6.28. The molecule has 6 heteroatoms. The Hall–Kier alpha value is -4.58. The number of hydrogen-bond acceptors (Lipinski definition) is 6. The summed E-state index contributed by atoms with van der Waals surface area (Å²) >= 11 is 0. The molecule has 0 saturated carbocycles. The Kier molecular flexibility index (Phi) is 18.3. The highest BCUT2D eigenvalue weighted by atomic mass is 16.5. The second kappa shape index (κ2) is 21.0. The molecule has 0 amide bonds. The summed E-state index contributed by atoms with van der Waals surface area (Å²) in [7, 11) is 0. The van der Waals surface area contributed by atoms with E-state index in [-0.39, 0.29) is 13.2 Å². The van der Waals surface area contributed by atoms with E-state index in [4.69, 9.17) is 18.9 Å². The fourth-order valence-electron chi connectivity index (χ4n) is 2.43. The second-order valence-corrected chi connectivity index (χ2v) is 6.28. The first kappa shape index (κ1) is 31.4. The highest BCUT2D eigenvalue weighted by Gasteiger charge is 2.00. The van der Waals surface area contributed by atoms with Gasteiger partial charge in [0.05, 0.1) is 0 Å². The normalized spacial score (nSPS) is 9.67. The lowest BCUT2D eigenvalue weighted by Gasteiger charge is -2.07. The fraction of sp³-hybridized carbons (Fsp3) is 0.133. The van der Waals surface area contributed by atoms with Gasteiger partial charge in [-0.3, -0.25) is 0 Å². The van der Waals surface area contributed by atoms with E-state index < -0.39 is 11.9 Å². The Morgan fingerprint density at radius 3 is 1.17 bits per heavy atom. The number of carbonyl (C=O) groups is 2. The van der Waals surface area contributed by atoms with Crippen LogP contribution in [-0.2, 0) is 19.1 Å². The first-order valence-electron chi connectivity index (χ1n) is 11.0. The monoisotopic (exact) mass is 490 g/mol. The van der Waals surface area contributed by atoms with Crippen LogP contribution in [-0.4, -0.2) is 38.4 Å². The molecule has 0 aliphatic carbocycles. The SMILES string of the molecule is C=C.C=C.C=CC(=O)OC/C=C/COc1ccc(-c2ccc(OC/C=C/COC(=O)C=C)cc2)cc1. The van der Waals surface area contributed by atoms with Gasteiger partial charge in [0.1, 0.15) is 37.9 Å².